The van der Waals surface area contributed by atoms with Gasteiger partial charge in [0.25, 0.3) is 0 Å². The molecule has 0 fully saturated rings. The molecule has 2 aromatic heterocycles. The largest absolute Gasteiger partial charge is 0.369 e. The number of hydrogen-bond acceptors (Lipinski definition) is 4. The molecule has 0 aliphatic carbocycles. The van der Waals surface area contributed by atoms with E-state index in [4.69, 9.17) is 18.0 Å². The molecule has 0 spiro atoms. The van der Waals surface area contributed by atoms with Crippen molar-refractivity contribution in [3.05, 3.63) is 10.6 Å². The van der Waals surface area contributed by atoms with E-state index in [-0.39, 0.29) is 0 Å². The first-order valence-electron chi connectivity index (χ1n) is 2.96. The summed E-state index contributed by atoms with van der Waals surface area (Å²) in [7, 11) is 0.539. The summed E-state index contributed by atoms with van der Waals surface area (Å²) in [6.45, 7) is 0. The fourth-order valence-corrected chi connectivity index (χ4v) is 2.06. The average Bonchev–Trinajstić information content (AvgIpc) is 2.34. The van der Waals surface area contributed by atoms with E-state index in [1.54, 1.807) is 0 Å². The van der Waals surface area contributed by atoms with Gasteiger partial charge < -0.3 is 10.7 Å². The summed E-state index contributed by atoms with van der Waals surface area (Å²) in [6.07, 6.45) is 0. The van der Waals surface area contributed by atoms with Gasteiger partial charge in [-0.15, -0.1) is 0 Å². The lowest BCUT2D eigenvalue weighted by Gasteiger charge is -1.91. The highest BCUT2D eigenvalue weighted by atomic mass is 32.1. The maximum atomic E-state index is 5.45. The van der Waals surface area contributed by atoms with Crippen LogP contribution in [0.2, 0.25) is 0 Å². The van der Waals surface area contributed by atoms with Gasteiger partial charge in [0.1, 0.15) is 5.52 Å². The van der Waals surface area contributed by atoms with Crippen molar-refractivity contribution < 1.29 is 0 Å². The Morgan fingerprint density at radius 1 is 1.64 bits per heavy atom. The Labute approximate surface area is 69.0 Å². The van der Waals surface area contributed by atoms with Gasteiger partial charge in [0, 0.05) is 5.93 Å². The molecule has 2 rings (SSSR count). The molecule has 0 radical (unpaired) electrons. The fraction of sp³-hybridized carbons (Fsp3) is 0. The van der Waals surface area contributed by atoms with Crippen molar-refractivity contribution in [2.75, 3.05) is 5.73 Å². The van der Waals surface area contributed by atoms with Gasteiger partial charge in [-0.25, -0.2) is 9.97 Å². The SMILES string of the molecule is Nc1nc(=S)c2nc[pH]c2[nH]1. The lowest BCUT2D eigenvalue weighted by atomic mass is 10.6. The van der Waals surface area contributed by atoms with E-state index in [2.05, 4.69) is 15.0 Å². The third-order valence-electron chi connectivity index (χ3n) is 1.32. The molecule has 11 heavy (non-hydrogen) atoms. The Kier molecular flexibility index (Phi) is 1.41. The Hall–Kier alpha value is -0.930. The van der Waals surface area contributed by atoms with Crippen molar-refractivity contribution in [1.82, 2.24) is 15.0 Å². The first kappa shape index (κ1) is 6.76. The monoisotopic (exact) mass is 184 g/mol. The van der Waals surface area contributed by atoms with Crippen LogP contribution in [0.5, 0.6) is 0 Å². The first-order valence-corrected chi connectivity index (χ1v) is 4.45. The van der Waals surface area contributed by atoms with Crippen LogP contribution >= 0.6 is 20.4 Å². The standard InChI is InChI=1S/C5H5N4PS/c6-5-8-3-2(4(11)9-5)7-1-10-3/h1,10H,(H3,6,8,9,11). The van der Waals surface area contributed by atoms with Gasteiger partial charge in [0.05, 0.1) is 5.25 Å². The van der Waals surface area contributed by atoms with Gasteiger partial charge in [-0.1, -0.05) is 20.4 Å². The molecule has 56 valence electrons. The molecule has 1 atom stereocenters. The van der Waals surface area contributed by atoms with Crippen molar-refractivity contribution in [2.45, 2.75) is 0 Å². The second-order valence-electron chi connectivity index (χ2n) is 2.05. The summed E-state index contributed by atoms with van der Waals surface area (Å²) in [5.41, 5.74) is 6.22. The van der Waals surface area contributed by atoms with Crippen LogP contribution in [-0.2, 0) is 0 Å². The zero-order chi connectivity index (χ0) is 7.84. The minimum Gasteiger partial charge on any atom is -0.369 e. The lowest BCUT2D eigenvalue weighted by molar-refractivity contribution is 1.22. The van der Waals surface area contributed by atoms with Crippen LogP contribution in [0.3, 0.4) is 0 Å². The van der Waals surface area contributed by atoms with Gasteiger partial charge in [0.2, 0.25) is 0 Å². The number of fused-ring (bicyclic) bond motifs is 1. The predicted octanol–water partition coefficient (Wildman–Crippen LogP) is 1.30. The highest BCUT2D eigenvalue weighted by Crippen LogP contribution is 2.19. The molecule has 4 nitrogen and oxygen atoms in total. The van der Waals surface area contributed by atoms with Crippen LogP contribution in [0.1, 0.15) is 0 Å². The molecular weight excluding hydrogens is 179 g/mol. The van der Waals surface area contributed by atoms with E-state index in [0.29, 0.717) is 18.8 Å². The number of nitrogens with zero attached hydrogens (tertiary/aromatic N) is 2. The number of H-pyrrole nitrogens is 1. The van der Waals surface area contributed by atoms with Crippen LogP contribution in [0, 0.1) is 4.64 Å². The fourth-order valence-electron chi connectivity index (χ4n) is 0.870. The number of nitrogens with two attached hydrogens (primary N) is 1. The third-order valence-corrected chi connectivity index (χ3v) is 2.51. The quantitative estimate of drug-likeness (QED) is 0.605. The van der Waals surface area contributed by atoms with Crippen molar-refractivity contribution in [1.29, 1.82) is 0 Å². The summed E-state index contributed by atoms with van der Waals surface area (Å²) in [5, 5.41) is 0.988. The Balaban J connectivity index is 3.02. The second kappa shape index (κ2) is 2.29. The van der Waals surface area contributed by atoms with Gasteiger partial charge >= 0.3 is 0 Å². The number of hydrogen-bond donors (Lipinski definition) is 2. The number of anilines is 1. The van der Waals surface area contributed by atoms with Gasteiger partial charge in [-0.05, 0) is 0 Å². The van der Waals surface area contributed by atoms with Crippen molar-refractivity contribution in [2.24, 2.45) is 0 Å². The highest BCUT2D eigenvalue weighted by Gasteiger charge is 1.98. The van der Waals surface area contributed by atoms with Crippen LogP contribution < -0.4 is 5.73 Å². The molecule has 0 saturated heterocycles. The summed E-state index contributed by atoms with van der Waals surface area (Å²) in [4.78, 5) is 10.9. The van der Waals surface area contributed by atoms with E-state index < -0.39 is 0 Å². The Bertz CT molecular complexity index is 445. The normalized spacial score (nSPS) is 11.3. The molecule has 6 heteroatoms. The topological polar surface area (TPSA) is 67.6 Å². The molecule has 0 aliphatic rings. The molecule has 0 bridgehead atoms. The van der Waals surface area contributed by atoms with E-state index in [9.17, 15) is 0 Å². The molecular formula is C5H5N4PS. The van der Waals surface area contributed by atoms with Crippen molar-refractivity contribution >= 4 is 37.1 Å². The molecule has 0 aliphatic heterocycles. The number of nitrogens with one attached hydrogen (secondary N) is 1. The smallest absolute Gasteiger partial charge is 0.199 e. The third kappa shape index (κ3) is 1.02. The number of aromatic nitrogens is 3. The molecule has 0 saturated carbocycles. The van der Waals surface area contributed by atoms with E-state index >= 15 is 0 Å². The van der Waals surface area contributed by atoms with Crippen molar-refractivity contribution in [3.8, 4) is 0 Å². The van der Waals surface area contributed by atoms with Gasteiger partial charge in [-0.2, -0.15) is 0 Å². The summed E-state index contributed by atoms with van der Waals surface area (Å²) in [5.74, 6) is 2.18. The molecule has 2 heterocycles. The van der Waals surface area contributed by atoms with Crippen LogP contribution in [0.15, 0.2) is 5.93 Å². The predicted molar refractivity (Wildman–Crippen MR) is 48.6 cm³/mol. The second-order valence-corrected chi connectivity index (χ2v) is 3.49. The lowest BCUT2D eigenvalue weighted by Crippen LogP contribution is -1.93. The maximum Gasteiger partial charge on any atom is 0.199 e. The molecule has 1 unspecified atom stereocenters. The van der Waals surface area contributed by atoms with E-state index in [0.717, 1.165) is 10.8 Å². The summed E-state index contributed by atoms with van der Waals surface area (Å²) >= 11 is 4.95. The number of aromatic amines is 1. The van der Waals surface area contributed by atoms with Gasteiger partial charge in [0.15, 0.2) is 10.6 Å². The summed E-state index contributed by atoms with van der Waals surface area (Å²) in [6, 6.07) is 0. The minimum atomic E-state index is 0.367. The molecule has 0 amide bonds. The van der Waals surface area contributed by atoms with Crippen LogP contribution in [-0.4, -0.2) is 15.0 Å². The summed E-state index contributed by atoms with van der Waals surface area (Å²) < 4.78 is 0.484. The molecule has 0 aromatic carbocycles. The highest BCUT2D eigenvalue weighted by molar-refractivity contribution is 7.71. The number of rotatable bonds is 0. The maximum absolute atomic E-state index is 5.45. The molecule has 2 aromatic rings. The van der Waals surface area contributed by atoms with Crippen LogP contribution in [0.25, 0.3) is 10.8 Å². The van der Waals surface area contributed by atoms with Crippen LogP contribution in [0.4, 0.5) is 5.95 Å². The van der Waals surface area contributed by atoms with E-state index in [1.807, 2.05) is 5.93 Å². The Morgan fingerprint density at radius 2 is 2.45 bits per heavy atom. The van der Waals surface area contributed by atoms with E-state index in [1.165, 1.54) is 0 Å². The zero-order valence-corrected chi connectivity index (χ0v) is 7.27. The first-order chi connectivity index (χ1) is 5.27. The van der Waals surface area contributed by atoms with Crippen molar-refractivity contribution in [3.63, 3.8) is 0 Å². The zero-order valence-electron chi connectivity index (χ0n) is 5.46. The average molecular weight is 184 g/mol. The Morgan fingerprint density at radius 3 is 3.27 bits per heavy atom. The van der Waals surface area contributed by atoms with Gasteiger partial charge in [-0.3, -0.25) is 0 Å². The minimum absolute atomic E-state index is 0.367. The molecule has 3 N–H and O–H groups in total. The number of nitrogen functional groups attached to an aromatic ring is 1.